The first-order valence-electron chi connectivity index (χ1n) is 8.28. The number of rotatable bonds is 5. The summed E-state index contributed by atoms with van der Waals surface area (Å²) in [6.07, 6.45) is 3.81. The van der Waals surface area contributed by atoms with E-state index in [1.54, 1.807) is 20.8 Å². The number of aromatic amines is 1. The largest absolute Gasteiger partial charge is 0.462 e. The molecule has 0 atom stereocenters. The smallest absolute Gasteiger partial charge is 0.340 e. The number of ketones is 1. The molecule has 0 saturated carbocycles. The molecule has 0 unspecified atom stereocenters. The van der Waals surface area contributed by atoms with E-state index < -0.39 is 5.97 Å². The quantitative estimate of drug-likeness (QED) is 0.442. The summed E-state index contributed by atoms with van der Waals surface area (Å²) >= 11 is 0. The van der Waals surface area contributed by atoms with Crippen LogP contribution in [0.4, 0.5) is 0 Å². The highest BCUT2D eigenvalue weighted by Gasteiger charge is 2.27. The molecule has 3 rings (SSSR count). The number of aryl methyl sites for hydroxylation is 2. The molecule has 2 aromatic heterocycles. The molecule has 0 aliphatic carbocycles. The van der Waals surface area contributed by atoms with E-state index in [4.69, 9.17) is 4.74 Å². The van der Waals surface area contributed by atoms with Gasteiger partial charge in [0.05, 0.1) is 17.7 Å². The van der Waals surface area contributed by atoms with Crippen LogP contribution in [0, 0.1) is 13.8 Å². The zero-order chi connectivity index (χ0) is 18.0. The Morgan fingerprint density at radius 1 is 1.04 bits per heavy atom. The molecule has 0 aliphatic heterocycles. The number of benzene rings is 1. The first kappa shape index (κ1) is 16.9. The summed E-state index contributed by atoms with van der Waals surface area (Å²) in [6.45, 7) is 5.76. The Kier molecular flexibility index (Phi) is 4.65. The van der Waals surface area contributed by atoms with Crippen molar-refractivity contribution in [2.75, 3.05) is 6.61 Å². The van der Waals surface area contributed by atoms with Crippen LogP contribution in [-0.2, 0) is 11.3 Å². The average Bonchev–Trinajstić information content (AvgIpc) is 2.89. The Balaban J connectivity index is 1.93. The lowest BCUT2D eigenvalue weighted by molar-refractivity contribution is -0.681. The van der Waals surface area contributed by atoms with Crippen LogP contribution in [0.1, 0.15) is 39.0 Å². The van der Waals surface area contributed by atoms with Gasteiger partial charge in [0.15, 0.2) is 12.4 Å². The summed E-state index contributed by atoms with van der Waals surface area (Å²) in [7, 11) is 0. The van der Waals surface area contributed by atoms with Crippen LogP contribution in [0.3, 0.4) is 0 Å². The van der Waals surface area contributed by atoms with Gasteiger partial charge in [-0.25, -0.2) is 4.79 Å². The molecule has 0 amide bonds. The van der Waals surface area contributed by atoms with Gasteiger partial charge in [-0.1, -0.05) is 18.2 Å². The molecular weight excluding hydrogens is 316 g/mol. The number of aromatic nitrogens is 2. The molecule has 5 heteroatoms. The number of nitrogens with one attached hydrogen (secondary N) is 1. The van der Waals surface area contributed by atoms with Gasteiger partial charge in [0.25, 0.3) is 0 Å². The maximum absolute atomic E-state index is 12.9. The standard InChI is InChI=1S/C20H20N2O3/c1-4-25-20(24)19-14(3)21-13(2)18(19)17(23)12-22-10-9-15-7-5-6-8-16(15)11-22/h5-11H,4,12H2,1-3H3/p+1. The fraction of sp³-hybridized carbons (Fsp3) is 0.250. The molecular formula is C20H21N2O3+. The molecule has 0 spiro atoms. The minimum absolute atomic E-state index is 0.120. The van der Waals surface area contributed by atoms with Crippen LogP contribution in [0.25, 0.3) is 10.8 Å². The maximum atomic E-state index is 12.9. The Morgan fingerprint density at radius 2 is 1.72 bits per heavy atom. The number of ether oxygens (including phenoxy) is 1. The van der Waals surface area contributed by atoms with Crippen molar-refractivity contribution in [1.29, 1.82) is 0 Å². The number of hydrogen-bond acceptors (Lipinski definition) is 3. The van der Waals surface area contributed by atoms with E-state index in [2.05, 4.69) is 4.98 Å². The number of fused-ring (bicyclic) bond motifs is 1. The number of pyridine rings is 1. The topological polar surface area (TPSA) is 63.0 Å². The normalized spacial score (nSPS) is 10.8. The maximum Gasteiger partial charge on any atom is 0.340 e. The monoisotopic (exact) mass is 337 g/mol. The fourth-order valence-electron chi connectivity index (χ4n) is 3.11. The van der Waals surface area contributed by atoms with Crippen molar-refractivity contribution in [2.24, 2.45) is 0 Å². The second kappa shape index (κ2) is 6.89. The van der Waals surface area contributed by atoms with Gasteiger partial charge < -0.3 is 9.72 Å². The van der Waals surface area contributed by atoms with Crippen molar-refractivity contribution in [3.05, 3.63) is 65.2 Å². The predicted octanol–water partition coefficient (Wildman–Crippen LogP) is 3.13. The van der Waals surface area contributed by atoms with E-state index >= 15 is 0 Å². The molecule has 1 N–H and O–H groups in total. The first-order chi connectivity index (χ1) is 12.0. The predicted molar refractivity (Wildman–Crippen MR) is 94.7 cm³/mol. The van der Waals surface area contributed by atoms with E-state index in [1.807, 2.05) is 47.3 Å². The number of esters is 1. The second-order valence-electron chi connectivity index (χ2n) is 6.01. The van der Waals surface area contributed by atoms with Crippen LogP contribution in [-0.4, -0.2) is 23.3 Å². The molecule has 1 aromatic carbocycles. The second-order valence-corrected chi connectivity index (χ2v) is 6.01. The van der Waals surface area contributed by atoms with Crippen molar-refractivity contribution >= 4 is 22.5 Å². The van der Waals surface area contributed by atoms with Gasteiger partial charge >= 0.3 is 5.97 Å². The Hall–Kier alpha value is -2.95. The SMILES string of the molecule is CCOC(=O)c1c(C)[nH]c(C)c1C(=O)C[n+]1ccc2ccccc2c1. The third-order valence-corrected chi connectivity index (χ3v) is 4.21. The Morgan fingerprint density at radius 3 is 2.44 bits per heavy atom. The molecule has 2 heterocycles. The van der Waals surface area contributed by atoms with Gasteiger partial charge in [-0.15, -0.1) is 0 Å². The van der Waals surface area contributed by atoms with Crippen molar-refractivity contribution in [2.45, 2.75) is 27.3 Å². The van der Waals surface area contributed by atoms with Gasteiger partial charge in [0.1, 0.15) is 0 Å². The van der Waals surface area contributed by atoms with Gasteiger partial charge in [-0.3, -0.25) is 4.79 Å². The number of carbonyl (C=O) groups excluding carboxylic acids is 2. The molecule has 128 valence electrons. The molecule has 25 heavy (non-hydrogen) atoms. The summed E-state index contributed by atoms with van der Waals surface area (Å²) in [5, 5.41) is 2.18. The molecule has 0 radical (unpaired) electrons. The highest BCUT2D eigenvalue weighted by molar-refractivity contribution is 6.07. The molecule has 0 saturated heterocycles. The zero-order valence-electron chi connectivity index (χ0n) is 14.6. The number of Topliss-reactive ketones (excluding diaryl/α,β-unsaturated/α-hetero) is 1. The minimum atomic E-state index is -0.462. The van der Waals surface area contributed by atoms with Crippen LogP contribution in [0.15, 0.2) is 42.7 Å². The van der Waals surface area contributed by atoms with Crippen LogP contribution < -0.4 is 4.57 Å². The van der Waals surface area contributed by atoms with E-state index in [9.17, 15) is 9.59 Å². The highest BCUT2D eigenvalue weighted by Crippen LogP contribution is 2.20. The number of H-pyrrole nitrogens is 1. The van der Waals surface area contributed by atoms with Crippen LogP contribution in [0.2, 0.25) is 0 Å². The Labute approximate surface area is 146 Å². The molecule has 5 nitrogen and oxygen atoms in total. The summed E-state index contributed by atoms with van der Waals surface area (Å²) in [6, 6.07) is 9.96. The third-order valence-electron chi connectivity index (χ3n) is 4.21. The van der Waals surface area contributed by atoms with Crippen molar-refractivity contribution < 1.29 is 18.9 Å². The molecule has 0 aliphatic rings. The molecule has 0 fully saturated rings. The average molecular weight is 337 g/mol. The summed E-state index contributed by atoms with van der Waals surface area (Å²) < 4.78 is 6.94. The van der Waals surface area contributed by atoms with E-state index in [-0.39, 0.29) is 18.9 Å². The van der Waals surface area contributed by atoms with Crippen molar-refractivity contribution in [3.8, 4) is 0 Å². The number of carbonyl (C=O) groups is 2. The van der Waals surface area contributed by atoms with E-state index in [0.29, 0.717) is 22.5 Å². The van der Waals surface area contributed by atoms with Gasteiger partial charge in [-0.2, -0.15) is 4.57 Å². The van der Waals surface area contributed by atoms with E-state index in [1.165, 1.54) is 0 Å². The molecule has 0 bridgehead atoms. The zero-order valence-corrected chi connectivity index (χ0v) is 14.6. The summed E-state index contributed by atoms with van der Waals surface area (Å²) in [5.74, 6) is -0.582. The van der Waals surface area contributed by atoms with Crippen molar-refractivity contribution in [3.63, 3.8) is 0 Å². The first-order valence-corrected chi connectivity index (χ1v) is 8.28. The lowest BCUT2D eigenvalue weighted by atomic mass is 10.0. The van der Waals surface area contributed by atoms with E-state index in [0.717, 1.165) is 10.8 Å². The number of nitrogens with zero attached hydrogens (tertiary/aromatic N) is 1. The Bertz CT molecular complexity index is 957. The fourth-order valence-corrected chi connectivity index (χ4v) is 3.11. The number of hydrogen-bond donors (Lipinski definition) is 1. The lowest BCUT2D eigenvalue weighted by Crippen LogP contribution is -2.37. The summed E-state index contributed by atoms with van der Waals surface area (Å²) in [5.41, 5.74) is 2.09. The van der Waals surface area contributed by atoms with Crippen LogP contribution >= 0.6 is 0 Å². The minimum Gasteiger partial charge on any atom is -0.462 e. The lowest BCUT2D eigenvalue weighted by Gasteiger charge is -2.05. The van der Waals surface area contributed by atoms with Crippen LogP contribution in [0.5, 0.6) is 0 Å². The van der Waals surface area contributed by atoms with Gasteiger partial charge in [0.2, 0.25) is 12.3 Å². The van der Waals surface area contributed by atoms with Gasteiger partial charge in [0, 0.05) is 22.8 Å². The highest BCUT2D eigenvalue weighted by atomic mass is 16.5. The van der Waals surface area contributed by atoms with Gasteiger partial charge in [-0.05, 0) is 32.2 Å². The third kappa shape index (κ3) is 3.31. The summed E-state index contributed by atoms with van der Waals surface area (Å²) in [4.78, 5) is 28.2. The molecule has 3 aromatic rings. The van der Waals surface area contributed by atoms with Crippen molar-refractivity contribution in [1.82, 2.24) is 4.98 Å².